The van der Waals surface area contributed by atoms with Crippen molar-refractivity contribution < 1.29 is 0 Å². The molecule has 0 heterocycles. The van der Waals surface area contributed by atoms with Crippen molar-refractivity contribution in [3.8, 4) is 55.6 Å². The first-order valence-electron chi connectivity index (χ1n) is 22.3. The number of benzene rings is 11. The molecule has 11 aromatic rings. The molecule has 0 saturated heterocycles. The molecule has 0 aromatic heterocycles. The minimum Gasteiger partial charge on any atom is -0.310 e. The van der Waals surface area contributed by atoms with Crippen molar-refractivity contribution >= 4 is 49.4 Å². The molecular formula is C63H45N. The van der Waals surface area contributed by atoms with E-state index in [2.05, 4.69) is 255 Å². The third-order valence-corrected chi connectivity index (χ3v) is 13.6. The van der Waals surface area contributed by atoms with E-state index in [1.165, 1.54) is 99.1 Å². The highest BCUT2D eigenvalue weighted by Gasteiger charge is 2.37. The van der Waals surface area contributed by atoms with Gasteiger partial charge in [-0.1, -0.05) is 220 Å². The number of rotatable bonds is 7. The Balaban J connectivity index is 1.09. The van der Waals surface area contributed by atoms with Crippen molar-refractivity contribution in [2.45, 2.75) is 19.3 Å². The van der Waals surface area contributed by atoms with Crippen molar-refractivity contribution in [2.75, 3.05) is 4.90 Å². The molecule has 0 atom stereocenters. The van der Waals surface area contributed by atoms with Gasteiger partial charge < -0.3 is 4.90 Å². The zero-order valence-electron chi connectivity index (χ0n) is 36.0. The van der Waals surface area contributed by atoms with Crippen molar-refractivity contribution in [1.82, 2.24) is 0 Å². The lowest BCUT2D eigenvalue weighted by Gasteiger charge is -2.30. The van der Waals surface area contributed by atoms with Gasteiger partial charge in [-0.05, 0) is 124 Å². The van der Waals surface area contributed by atoms with Crippen LogP contribution in [0.2, 0.25) is 0 Å². The van der Waals surface area contributed by atoms with E-state index in [0.29, 0.717) is 0 Å². The maximum Gasteiger partial charge on any atom is 0.0540 e. The molecule has 0 unspecified atom stereocenters. The molecule has 1 nitrogen and oxygen atoms in total. The van der Waals surface area contributed by atoms with E-state index in [9.17, 15) is 0 Å². The van der Waals surface area contributed by atoms with Gasteiger partial charge in [0.1, 0.15) is 0 Å². The molecule has 1 heteroatoms. The molecule has 0 saturated carbocycles. The highest BCUT2D eigenvalue weighted by molar-refractivity contribution is 6.13. The van der Waals surface area contributed by atoms with Crippen LogP contribution in [-0.2, 0) is 5.41 Å². The fraction of sp³-hybridized carbons (Fsp3) is 0.0476. The summed E-state index contributed by atoms with van der Waals surface area (Å²) in [6.45, 7) is 4.76. The van der Waals surface area contributed by atoms with Crippen LogP contribution in [0.3, 0.4) is 0 Å². The summed E-state index contributed by atoms with van der Waals surface area (Å²) in [6.07, 6.45) is 0. The SMILES string of the molecule is CC1(C)c2ccccc2-c2cccc(-c3cccc(N(c4cccc(-c5cccc6c5ccc5ccccc56)c4)c4ccccc4-c4cccc5cccc(-c6ccccc6)c45)c3)c21. The molecule has 1 aliphatic carbocycles. The monoisotopic (exact) mass is 815 g/mol. The minimum absolute atomic E-state index is 0.145. The predicted octanol–water partition coefficient (Wildman–Crippen LogP) is 17.6. The van der Waals surface area contributed by atoms with Crippen molar-refractivity contribution in [3.05, 3.63) is 248 Å². The molecular weight excluding hydrogens is 771 g/mol. The Kier molecular flexibility index (Phi) is 8.91. The van der Waals surface area contributed by atoms with E-state index in [-0.39, 0.29) is 5.41 Å². The number of hydrogen-bond acceptors (Lipinski definition) is 1. The molecule has 64 heavy (non-hydrogen) atoms. The third kappa shape index (κ3) is 6.08. The number of anilines is 3. The van der Waals surface area contributed by atoms with Gasteiger partial charge in [0.2, 0.25) is 0 Å². The Morgan fingerprint density at radius 1 is 0.312 bits per heavy atom. The van der Waals surface area contributed by atoms with Crippen LogP contribution in [-0.4, -0.2) is 0 Å². The van der Waals surface area contributed by atoms with Crippen LogP contribution in [0.25, 0.3) is 88.0 Å². The summed E-state index contributed by atoms with van der Waals surface area (Å²) in [6, 6.07) is 87.3. The number of hydrogen-bond donors (Lipinski definition) is 0. The molecule has 0 bridgehead atoms. The zero-order valence-corrected chi connectivity index (χ0v) is 36.0. The first kappa shape index (κ1) is 37.7. The fourth-order valence-corrected chi connectivity index (χ4v) is 10.8. The molecule has 0 aliphatic heterocycles. The number of fused-ring (bicyclic) bond motifs is 7. The molecule has 0 radical (unpaired) electrons. The number of nitrogens with zero attached hydrogens (tertiary/aromatic N) is 1. The van der Waals surface area contributed by atoms with Gasteiger partial charge in [0.25, 0.3) is 0 Å². The van der Waals surface area contributed by atoms with Gasteiger partial charge in [0, 0.05) is 22.4 Å². The summed E-state index contributed by atoms with van der Waals surface area (Å²) >= 11 is 0. The summed E-state index contributed by atoms with van der Waals surface area (Å²) in [5, 5.41) is 7.50. The molecule has 0 spiro atoms. The highest BCUT2D eigenvalue weighted by atomic mass is 15.1. The summed E-state index contributed by atoms with van der Waals surface area (Å²) < 4.78 is 0. The van der Waals surface area contributed by atoms with Crippen LogP contribution in [0.15, 0.2) is 237 Å². The third-order valence-electron chi connectivity index (χ3n) is 13.6. The molecule has 302 valence electrons. The Hall–Kier alpha value is -8.00. The first-order chi connectivity index (χ1) is 31.5. The van der Waals surface area contributed by atoms with E-state index in [1.807, 2.05) is 0 Å². The Morgan fingerprint density at radius 2 is 0.844 bits per heavy atom. The van der Waals surface area contributed by atoms with E-state index >= 15 is 0 Å². The predicted molar refractivity (Wildman–Crippen MR) is 273 cm³/mol. The molecule has 0 N–H and O–H groups in total. The maximum atomic E-state index is 2.48. The Labute approximate surface area is 375 Å². The van der Waals surface area contributed by atoms with Crippen molar-refractivity contribution in [1.29, 1.82) is 0 Å². The van der Waals surface area contributed by atoms with Crippen molar-refractivity contribution in [3.63, 3.8) is 0 Å². The summed E-state index contributed by atoms with van der Waals surface area (Å²) in [7, 11) is 0. The topological polar surface area (TPSA) is 3.24 Å². The average Bonchev–Trinajstić information content (AvgIpc) is 3.60. The minimum atomic E-state index is -0.145. The van der Waals surface area contributed by atoms with Gasteiger partial charge in [-0.2, -0.15) is 0 Å². The summed E-state index contributed by atoms with van der Waals surface area (Å²) in [5.74, 6) is 0. The molecule has 11 aromatic carbocycles. The van der Waals surface area contributed by atoms with Crippen LogP contribution in [0.4, 0.5) is 17.1 Å². The molecule has 0 amide bonds. The van der Waals surface area contributed by atoms with Gasteiger partial charge in [-0.3, -0.25) is 0 Å². The van der Waals surface area contributed by atoms with Gasteiger partial charge in [-0.25, -0.2) is 0 Å². The lowest BCUT2D eigenvalue weighted by Crippen LogP contribution is -2.16. The number of para-hydroxylation sites is 1. The Morgan fingerprint density at radius 3 is 1.66 bits per heavy atom. The van der Waals surface area contributed by atoms with Crippen LogP contribution < -0.4 is 4.90 Å². The van der Waals surface area contributed by atoms with Crippen LogP contribution in [0.5, 0.6) is 0 Å². The second-order valence-corrected chi connectivity index (χ2v) is 17.6. The van der Waals surface area contributed by atoms with Gasteiger partial charge in [0.15, 0.2) is 0 Å². The summed E-state index contributed by atoms with van der Waals surface area (Å²) in [5.41, 5.74) is 18.2. The van der Waals surface area contributed by atoms with Crippen LogP contribution in [0, 0.1) is 0 Å². The summed E-state index contributed by atoms with van der Waals surface area (Å²) in [4.78, 5) is 2.48. The smallest absolute Gasteiger partial charge is 0.0540 e. The lowest BCUT2D eigenvalue weighted by atomic mass is 9.79. The average molecular weight is 816 g/mol. The van der Waals surface area contributed by atoms with Crippen LogP contribution in [0.1, 0.15) is 25.0 Å². The molecule has 0 fully saturated rings. The quantitative estimate of drug-likeness (QED) is 0.145. The normalized spacial score (nSPS) is 12.7. The highest BCUT2D eigenvalue weighted by Crippen LogP contribution is 2.53. The molecule has 12 rings (SSSR count). The fourth-order valence-electron chi connectivity index (χ4n) is 10.8. The second kappa shape index (κ2) is 15.1. The molecule has 1 aliphatic rings. The van der Waals surface area contributed by atoms with Crippen LogP contribution >= 0.6 is 0 Å². The van der Waals surface area contributed by atoms with Gasteiger partial charge in [-0.15, -0.1) is 0 Å². The maximum absolute atomic E-state index is 2.48. The standard InChI is InChI=1S/C63H45N/c1-63(2)59-36-10-8-28-55(59)58-35-17-32-52(62(58)63)46-24-13-26-48(41-46)64(47-25-12-23-45(40-47)50-30-16-33-53-49-27-7-6-20-43(49)38-39-54(50)53)60-37-11-9-29-56(60)57-34-15-22-44-21-14-31-51(61(44)57)42-18-4-3-5-19-42/h3-41H,1-2H3. The lowest BCUT2D eigenvalue weighted by molar-refractivity contribution is 0.662. The first-order valence-corrected chi connectivity index (χ1v) is 22.3. The Bertz CT molecular complexity index is 3590. The zero-order chi connectivity index (χ0) is 42.8. The van der Waals surface area contributed by atoms with E-state index < -0.39 is 0 Å². The van der Waals surface area contributed by atoms with Crippen molar-refractivity contribution in [2.24, 2.45) is 0 Å². The largest absolute Gasteiger partial charge is 0.310 e. The van der Waals surface area contributed by atoms with Gasteiger partial charge >= 0.3 is 0 Å². The second-order valence-electron chi connectivity index (χ2n) is 17.6. The van der Waals surface area contributed by atoms with E-state index in [4.69, 9.17) is 0 Å². The van der Waals surface area contributed by atoms with Gasteiger partial charge in [0.05, 0.1) is 5.69 Å². The van der Waals surface area contributed by atoms with E-state index in [0.717, 1.165) is 17.1 Å². The van der Waals surface area contributed by atoms with E-state index in [1.54, 1.807) is 0 Å².